The molecule has 6 unspecified atom stereocenters. The van der Waals surface area contributed by atoms with E-state index in [0.717, 1.165) is 46.2 Å². The van der Waals surface area contributed by atoms with E-state index in [9.17, 15) is 9.59 Å². The largest absolute Gasteiger partial charge is 0.365 e. The minimum absolute atomic E-state index is 0.185. The van der Waals surface area contributed by atoms with Gasteiger partial charge >= 0.3 is 11.9 Å². The van der Waals surface area contributed by atoms with Crippen molar-refractivity contribution in [2.24, 2.45) is 11.8 Å². The van der Waals surface area contributed by atoms with Crippen molar-refractivity contribution in [1.29, 1.82) is 0 Å². The summed E-state index contributed by atoms with van der Waals surface area (Å²) in [5.74, 6) is 0.0487. The van der Waals surface area contributed by atoms with E-state index in [4.69, 9.17) is 9.68 Å². The molecule has 6 atom stereocenters. The number of aromatic nitrogens is 2. The van der Waals surface area contributed by atoms with Gasteiger partial charge in [-0.3, -0.25) is 9.97 Å². The number of nitrogens with zero attached hydrogens (tertiary/aromatic N) is 6. The minimum atomic E-state index is -0.623. The summed E-state index contributed by atoms with van der Waals surface area (Å²) in [5.41, 5.74) is 2.18. The van der Waals surface area contributed by atoms with Gasteiger partial charge in [-0.25, -0.2) is 9.59 Å². The fourth-order valence-electron chi connectivity index (χ4n) is 7.88. The lowest BCUT2D eigenvalue weighted by Gasteiger charge is -2.32. The summed E-state index contributed by atoms with van der Waals surface area (Å²) < 4.78 is 0. The fraction of sp³-hybridized carbons (Fsp3) is 0.350. The van der Waals surface area contributed by atoms with Crippen LogP contribution in [-0.2, 0) is 19.3 Å². The molecule has 268 valence electrons. The van der Waals surface area contributed by atoms with E-state index in [1.54, 1.807) is 47.7 Å². The molecule has 2 saturated carbocycles. The second-order valence-electron chi connectivity index (χ2n) is 14.1. The molecule has 10 nitrogen and oxygen atoms in total. The van der Waals surface area contributed by atoms with Crippen molar-refractivity contribution in [3.8, 4) is 0 Å². The first-order valence-electron chi connectivity index (χ1n) is 17.8. The highest BCUT2D eigenvalue weighted by Gasteiger charge is 2.53. The zero-order valence-electron chi connectivity index (χ0n) is 29.2. The molecule has 0 bridgehead atoms. The summed E-state index contributed by atoms with van der Waals surface area (Å²) >= 11 is 3.39. The predicted molar refractivity (Wildman–Crippen MR) is 202 cm³/mol. The van der Waals surface area contributed by atoms with Crippen molar-refractivity contribution in [3.63, 3.8) is 0 Å². The van der Waals surface area contributed by atoms with Crippen molar-refractivity contribution in [1.82, 2.24) is 20.1 Å². The summed E-state index contributed by atoms with van der Waals surface area (Å²) in [5, 5.41) is 3.12. The Kier molecular flexibility index (Phi) is 10.2. The molecule has 2 aromatic heterocycles. The number of hydrogen-bond acceptors (Lipinski definition) is 12. The summed E-state index contributed by atoms with van der Waals surface area (Å²) in [6, 6.07) is 26.3. The smallest absolute Gasteiger partial charge is 0.349 e. The number of hydrogen-bond donors (Lipinski definition) is 0. The van der Waals surface area contributed by atoms with Crippen LogP contribution in [0.4, 0.5) is 11.4 Å². The molecule has 2 saturated heterocycles. The number of piperidine rings is 2. The second-order valence-corrected chi connectivity index (χ2v) is 16.4. The van der Waals surface area contributed by atoms with Gasteiger partial charge in [-0.2, -0.15) is 0 Å². The first-order chi connectivity index (χ1) is 25.4. The number of hydroxylamine groups is 4. The van der Waals surface area contributed by atoms with Crippen molar-refractivity contribution in [3.05, 3.63) is 110 Å². The van der Waals surface area contributed by atoms with Crippen molar-refractivity contribution in [2.75, 3.05) is 37.0 Å². The van der Waals surface area contributed by atoms with Gasteiger partial charge in [0.05, 0.1) is 36.9 Å². The number of anilines is 2. The van der Waals surface area contributed by atoms with Crippen LogP contribution in [0.15, 0.2) is 129 Å². The van der Waals surface area contributed by atoms with E-state index in [0.29, 0.717) is 37.0 Å². The molecule has 0 N–H and O–H groups in total. The van der Waals surface area contributed by atoms with Gasteiger partial charge in [0.1, 0.15) is 0 Å². The Hall–Kier alpha value is -4.36. The SMILES string of the molecule is CN(CC1CC2CC2N1c1cncc(Sc2ccccc2)c1)OC(=O)/C=C/C(=O)ON(C)CC1CC2CC2N1c1cncc(Sc2ccccc2)c1. The maximum Gasteiger partial charge on any atom is 0.349 e. The molecule has 4 heterocycles. The number of rotatable bonds is 14. The number of fused-ring (bicyclic) bond motifs is 2. The van der Waals surface area contributed by atoms with Gasteiger partial charge < -0.3 is 19.5 Å². The average Bonchev–Trinajstić information content (AvgIpc) is 4.01. The normalized spacial score (nSPS) is 24.3. The third kappa shape index (κ3) is 8.31. The third-order valence-electron chi connectivity index (χ3n) is 10.2. The quantitative estimate of drug-likeness (QED) is 0.101. The highest BCUT2D eigenvalue weighted by atomic mass is 32.2. The number of likely N-dealkylation sites (N-methyl/N-ethyl adjacent to an activating group) is 2. The second kappa shape index (κ2) is 15.3. The maximum atomic E-state index is 12.7. The van der Waals surface area contributed by atoms with Gasteiger partial charge in [-0.15, -0.1) is 10.1 Å². The lowest BCUT2D eigenvalue weighted by Crippen LogP contribution is -2.42. The van der Waals surface area contributed by atoms with Gasteiger partial charge in [0.15, 0.2) is 0 Å². The lowest BCUT2D eigenvalue weighted by atomic mass is 10.1. The standard InChI is InChI=1S/C40H42N6O4S2/c1-43(25-31-15-27-17-37(27)45(31)29-19-35(23-41-21-29)51-33-9-5-3-6-10-33)49-39(47)13-14-40(48)50-44(2)26-32-16-28-18-38(28)46(32)30-20-36(24-42-22-30)52-34-11-7-4-8-12-34/h3-14,19-24,27-28,31-32,37-38H,15-18,25-26H2,1-2H3/b14-13+. The Balaban J connectivity index is 0.811. The molecule has 4 aliphatic rings. The van der Waals surface area contributed by atoms with Crippen LogP contribution in [0.25, 0.3) is 0 Å². The molecule has 2 aliphatic carbocycles. The van der Waals surface area contributed by atoms with E-state index < -0.39 is 11.9 Å². The predicted octanol–water partition coefficient (Wildman–Crippen LogP) is 6.75. The van der Waals surface area contributed by atoms with E-state index in [2.05, 4.69) is 56.2 Å². The van der Waals surface area contributed by atoms with Crippen LogP contribution in [0, 0.1) is 11.8 Å². The molecule has 0 radical (unpaired) electrons. The van der Waals surface area contributed by atoms with Crippen LogP contribution < -0.4 is 9.80 Å². The maximum absolute atomic E-state index is 12.7. The van der Waals surface area contributed by atoms with E-state index >= 15 is 0 Å². The topological polar surface area (TPSA) is 91.3 Å². The van der Waals surface area contributed by atoms with E-state index in [1.807, 2.05) is 61.2 Å². The Bertz CT molecular complexity index is 1780. The van der Waals surface area contributed by atoms with Crippen molar-refractivity contribution >= 4 is 46.8 Å². The first-order valence-corrected chi connectivity index (χ1v) is 19.5. The van der Waals surface area contributed by atoms with E-state index in [-0.39, 0.29) is 12.1 Å². The molecule has 0 spiro atoms. The molecule has 0 amide bonds. The Labute approximate surface area is 313 Å². The van der Waals surface area contributed by atoms with Gasteiger partial charge in [-0.1, -0.05) is 59.9 Å². The highest BCUT2D eigenvalue weighted by molar-refractivity contribution is 7.99. The van der Waals surface area contributed by atoms with Crippen molar-refractivity contribution in [2.45, 2.75) is 69.4 Å². The number of carbonyl (C=O) groups is 2. The summed E-state index contributed by atoms with van der Waals surface area (Å²) in [6.07, 6.45) is 14.3. The fourth-order valence-corrected chi connectivity index (χ4v) is 9.60. The number of carbonyl (C=O) groups excluding carboxylic acids is 2. The molecule has 8 rings (SSSR count). The van der Waals surface area contributed by atoms with Gasteiger partial charge in [0.25, 0.3) is 0 Å². The van der Waals surface area contributed by atoms with Crippen LogP contribution in [0.1, 0.15) is 25.7 Å². The van der Waals surface area contributed by atoms with Gasteiger partial charge in [0.2, 0.25) is 0 Å². The summed E-state index contributed by atoms with van der Waals surface area (Å²) in [6.45, 7) is 1.08. The van der Waals surface area contributed by atoms with Crippen LogP contribution in [0.3, 0.4) is 0 Å². The molecular weight excluding hydrogens is 693 g/mol. The van der Waals surface area contributed by atoms with Crippen LogP contribution in [0.5, 0.6) is 0 Å². The summed E-state index contributed by atoms with van der Waals surface area (Å²) in [4.78, 5) is 55.0. The molecule has 52 heavy (non-hydrogen) atoms. The minimum Gasteiger partial charge on any atom is -0.365 e. The molecule has 4 fully saturated rings. The monoisotopic (exact) mass is 734 g/mol. The zero-order valence-corrected chi connectivity index (χ0v) is 30.9. The van der Waals surface area contributed by atoms with Crippen molar-refractivity contribution < 1.29 is 19.3 Å². The third-order valence-corrected chi connectivity index (χ3v) is 12.1. The highest BCUT2D eigenvalue weighted by Crippen LogP contribution is 2.51. The molecular formula is C40H42N6O4S2. The Morgan fingerprint density at radius 3 is 1.50 bits per heavy atom. The molecule has 12 heteroatoms. The van der Waals surface area contributed by atoms with Gasteiger partial charge in [0, 0.05) is 82.4 Å². The molecule has 4 aromatic rings. The first kappa shape index (κ1) is 34.7. The lowest BCUT2D eigenvalue weighted by molar-refractivity contribution is -0.181. The number of benzene rings is 2. The van der Waals surface area contributed by atoms with Crippen LogP contribution >= 0.6 is 23.5 Å². The van der Waals surface area contributed by atoms with Crippen LogP contribution in [-0.4, -0.2) is 83.4 Å². The molecule has 2 aliphatic heterocycles. The van der Waals surface area contributed by atoms with E-state index in [1.165, 1.54) is 22.6 Å². The average molecular weight is 735 g/mol. The number of pyridine rings is 2. The Morgan fingerprint density at radius 1 is 0.654 bits per heavy atom. The van der Waals surface area contributed by atoms with Crippen LogP contribution in [0.2, 0.25) is 0 Å². The van der Waals surface area contributed by atoms with Gasteiger partial charge in [-0.05, 0) is 73.9 Å². The Morgan fingerprint density at radius 2 is 1.08 bits per heavy atom. The zero-order chi connectivity index (χ0) is 35.6. The summed E-state index contributed by atoms with van der Waals surface area (Å²) in [7, 11) is 3.51. The molecule has 2 aromatic carbocycles.